The van der Waals surface area contributed by atoms with E-state index in [1.54, 1.807) is 0 Å². The summed E-state index contributed by atoms with van der Waals surface area (Å²) in [5, 5.41) is 8.31. The summed E-state index contributed by atoms with van der Waals surface area (Å²) < 4.78 is 4.41. The van der Waals surface area contributed by atoms with E-state index < -0.39 is 0 Å². The van der Waals surface area contributed by atoms with Crippen LogP contribution in [0.5, 0.6) is 0 Å². The number of fused-ring (bicyclic) bond motifs is 1. The van der Waals surface area contributed by atoms with Gasteiger partial charge in [-0.15, -0.1) is 0 Å². The molecular weight excluding hydrogens is 360 g/mol. The first-order chi connectivity index (χ1) is 14.4. The van der Waals surface area contributed by atoms with Gasteiger partial charge >= 0.3 is 0 Å². The van der Waals surface area contributed by atoms with Crippen LogP contribution in [0.1, 0.15) is 36.4 Å². The maximum Gasteiger partial charge on any atom is 0.160 e. The highest BCUT2D eigenvalue weighted by Crippen LogP contribution is 2.27. The van der Waals surface area contributed by atoms with Gasteiger partial charge in [0, 0.05) is 45.1 Å². The highest BCUT2D eigenvalue weighted by molar-refractivity contribution is 5.50. The number of aromatic nitrogens is 4. The zero-order valence-corrected chi connectivity index (χ0v) is 17.0. The Bertz CT molecular complexity index is 905. The van der Waals surface area contributed by atoms with Gasteiger partial charge in [-0.2, -0.15) is 5.10 Å². The van der Waals surface area contributed by atoms with Gasteiger partial charge in [0.1, 0.15) is 5.69 Å². The summed E-state index contributed by atoms with van der Waals surface area (Å²) in [5.74, 6) is 1.64. The number of hydrogen-bond donors (Lipinski definition) is 1. The second-order valence-electron chi connectivity index (χ2n) is 8.27. The number of nitrogens with one attached hydrogen (secondary N) is 1. The van der Waals surface area contributed by atoms with E-state index >= 15 is 0 Å². The molecule has 152 valence electrons. The number of imidazole rings is 1. The zero-order chi connectivity index (χ0) is 19.5. The van der Waals surface area contributed by atoms with E-state index in [2.05, 4.69) is 67.0 Å². The van der Waals surface area contributed by atoms with Crippen molar-refractivity contribution in [2.45, 2.75) is 44.8 Å². The Balaban J connectivity index is 1.25. The summed E-state index contributed by atoms with van der Waals surface area (Å²) in [6.45, 7) is 7.29. The summed E-state index contributed by atoms with van der Waals surface area (Å²) in [7, 11) is 0. The predicted octanol–water partition coefficient (Wildman–Crippen LogP) is 3.12. The van der Waals surface area contributed by atoms with Crippen molar-refractivity contribution >= 4 is 0 Å². The quantitative estimate of drug-likeness (QED) is 0.727. The van der Waals surface area contributed by atoms with Crippen molar-refractivity contribution < 1.29 is 0 Å². The van der Waals surface area contributed by atoms with Crippen LogP contribution >= 0.6 is 0 Å². The highest BCUT2D eigenvalue weighted by Gasteiger charge is 2.21. The molecule has 0 saturated carbocycles. The topological polar surface area (TPSA) is 50.9 Å². The van der Waals surface area contributed by atoms with Crippen LogP contribution in [0.4, 0.5) is 0 Å². The van der Waals surface area contributed by atoms with E-state index in [0.29, 0.717) is 5.92 Å². The molecule has 0 amide bonds. The molecule has 1 N–H and O–H groups in total. The van der Waals surface area contributed by atoms with E-state index in [1.165, 1.54) is 30.6 Å². The minimum Gasteiger partial charge on any atom is -0.328 e. The van der Waals surface area contributed by atoms with Gasteiger partial charge in [0.05, 0.1) is 5.69 Å². The smallest absolute Gasteiger partial charge is 0.160 e. The van der Waals surface area contributed by atoms with Crippen LogP contribution in [0.2, 0.25) is 0 Å². The molecule has 2 aromatic heterocycles. The molecule has 6 heteroatoms. The molecule has 29 heavy (non-hydrogen) atoms. The third-order valence-corrected chi connectivity index (χ3v) is 6.27. The third-order valence-electron chi connectivity index (χ3n) is 6.27. The summed E-state index contributed by atoms with van der Waals surface area (Å²) in [6.07, 6.45) is 7.69. The average Bonchev–Trinajstić information content (AvgIpc) is 3.34. The third kappa shape index (κ3) is 4.14. The molecular formula is C23H30N6. The van der Waals surface area contributed by atoms with Gasteiger partial charge < -0.3 is 14.8 Å². The predicted molar refractivity (Wildman–Crippen MR) is 115 cm³/mol. The molecule has 3 aromatic rings. The van der Waals surface area contributed by atoms with Crippen LogP contribution in [0.15, 0.2) is 48.8 Å². The first kappa shape index (κ1) is 18.6. The van der Waals surface area contributed by atoms with Gasteiger partial charge in [0.15, 0.2) is 5.82 Å². The highest BCUT2D eigenvalue weighted by atomic mass is 15.3. The first-order valence-electron chi connectivity index (χ1n) is 10.9. The Kier molecular flexibility index (Phi) is 5.45. The van der Waals surface area contributed by atoms with Crippen molar-refractivity contribution in [2.24, 2.45) is 0 Å². The normalized spacial score (nSPS) is 20.3. The second kappa shape index (κ2) is 8.51. The Morgan fingerprint density at radius 2 is 2.00 bits per heavy atom. The molecule has 5 rings (SSSR count). The van der Waals surface area contributed by atoms with Crippen LogP contribution in [-0.2, 0) is 19.6 Å². The fourth-order valence-electron chi connectivity index (χ4n) is 4.70. The molecule has 0 unspecified atom stereocenters. The SMILES string of the molecule is c1ccc([C@@H]2CCCN(CCn3ccnc3-c3cc4n(n3)CCCNC4)C2)cc1. The van der Waals surface area contributed by atoms with Gasteiger partial charge in [-0.25, -0.2) is 4.98 Å². The van der Waals surface area contributed by atoms with Gasteiger partial charge in [-0.05, 0) is 49.9 Å². The van der Waals surface area contributed by atoms with E-state index in [4.69, 9.17) is 5.10 Å². The molecule has 1 fully saturated rings. The van der Waals surface area contributed by atoms with Crippen LogP contribution in [-0.4, -0.2) is 50.4 Å². The van der Waals surface area contributed by atoms with Gasteiger partial charge in [-0.3, -0.25) is 4.68 Å². The standard InChI is InChI=1S/C23H30N6/c1-2-6-19(7-3-1)20-8-4-11-27(18-20)14-15-28-13-10-25-23(28)22-16-21-17-24-9-5-12-29(21)26-22/h1-3,6-7,10,13,16,20,24H,4-5,8-9,11-12,14-15,17-18H2/t20-/m1/s1. The average molecular weight is 391 g/mol. The van der Waals surface area contributed by atoms with E-state index in [9.17, 15) is 0 Å². The van der Waals surface area contributed by atoms with Crippen molar-refractivity contribution in [1.82, 2.24) is 29.5 Å². The number of nitrogens with zero attached hydrogens (tertiary/aromatic N) is 5. The van der Waals surface area contributed by atoms with Gasteiger partial charge in [-0.1, -0.05) is 30.3 Å². The lowest BCUT2D eigenvalue weighted by atomic mass is 9.91. The molecule has 2 aliphatic heterocycles. The lowest BCUT2D eigenvalue weighted by Crippen LogP contribution is -2.36. The van der Waals surface area contributed by atoms with Crippen molar-refractivity contribution in [3.05, 3.63) is 60.0 Å². The van der Waals surface area contributed by atoms with Crippen LogP contribution in [0.3, 0.4) is 0 Å². The fraction of sp³-hybridized carbons (Fsp3) is 0.478. The molecule has 0 radical (unpaired) electrons. The Morgan fingerprint density at radius 3 is 2.93 bits per heavy atom. The van der Waals surface area contributed by atoms with Crippen LogP contribution < -0.4 is 5.32 Å². The molecule has 1 atom stereocenters. The summed E-state index contributed by atoms with van der Waals surface area (Å²) in [6, 6.07) is 13.2. The molecule has 4 heterocycles. The maximum absolute atomic E-state index is 4.84. The van der Waals surface area contributed by atoms with Crippen LogP contribution in [0, 0.1) is 0 Å². The van der Waals surface area contributed by atoms with Crippen molar-refractivity contribution in [1.29, 1.82) is 0 Å². The summed E-state index contributed by atoms with van der Waals surface area (Å²) >= 11 is 0. The van der Waals surface area contributed by atoms with E-state index in [0.717, 1.165) is 57.2 Å². The number of hydrogen-bond acceptors (Lipinski definition) is 4. The second-order valence-corrected chi connectivity index (χ2v) is 8.27. The first-order valence-corrected chi connectivity index (χ1v) is 10.9. The zero-order valence-electron chi connectivity index (χ0n) is 17.0. The summed E-state index contributed by atoms with van der Waals surface area (Å²) in [5.41, 5.74) is 3.73. The fourth-order valence-corrected chi connectivity index (χ4v) is 4.70. The van der Waals surface area contributed by atoms with Crippen molar-refractivity contribution in [2.75, 3.05) is 26.2 Å². The molecule has 0 aliphatic carbocycles. The van der Waals surface area contributed by atoms with E-state index in [-0.39, 0.29) is 0 Å². The monoisotopic (exact) mass is 390 g/mol. The molecule has 2 aliphatic rings. The Labute approximate surface area is 172 Å². The molecule has 0 bridgehead atoms. The maximum atomic E-state index is 4.84. The Morgan fingerprint density at radius 1 is 1.07 bits per heavy atom. The Hall–Kier alpha value is -2.44. The number of rotatable bonds is 5. The van der Waals surface area contributed by atoms with Crippen molar-refractivity contribution in [3.8, 4) is 11.5 Å². The van der Waals surface area contributed by atoms with Crippen LogP contribution in [0.25, 0.3) is 11.5 Å². The molecule has 1 aromatic carbocycles. The molecule has 0 spiro atoms. The largest absolute Gasteiger partial charge is 0.328 e. The minimum atomic E-state index is 0.656. The number of piperidine rings is 1. The number of likely N-dealkylation sites (tertiary alicyclic amines) is 1. The van der Waals surface area contributed by atoms with Gasteiger partial charge in [0.2, 0.25) is 0 Å². The van der Waals surface area contributed by atoms with Gasteiger partial charge in [0.25, 0.3) is 0 Å². The van der Waals surface area contributed by atoms with E-state index in [1.807, 2.05) is 6.20 Å². The molecule has 1 saturated heterocycles. The lowest BCUT2D eigenvalue weighted by molar-refractivity contribution is 0.201. The number of aryl methyl sites for hydroxylation is 1. The lowest BCUT2D eigenvalue weighted by Gasteiger charge is -2.33. The molecule has 6 nitrogen and oxygen atoms in total. The summed E-state index contributed by atoms with van der Waals surface area (Å²) in [4.78, 5) is 7.24. The number of benzene rings is 1. The van der Waals surface area contributed by atoms with Crippen molar-refractivity contribution in [3.63, 3.8) is 0 Å². The minimum absolute atomic E-state index is 0.656.